The van der Waals surface area contributed by atoms with Crippen LogP contribution < -0.4 is 16.0 Å². The van der Waals surface area contributed by atoms with Gasteiger partial charge in [-0.1, -0.05) is 0 Å². The SMILES string of the molecule is O=C(CNC1CCCNC1=O)NCC(F)(F)F. The fourth-order valence-electron chi connectivity index (χ4n) is 1.44. The van der Waals surface area contributed by atoms with Gasteiger partial charge in [0, 0.05) is 6.54 Å². The summed E-state index contributed by atoms with van der Waals surface area (Å²) in [6.07, 6.45) is -3.05. The number of halogens is 3. The number of hydrogen-bond acceptors (Lipinski definition) is 3. The van der Waals surface area contributed by atoms with Gasteiger partial charge in [-0.25, -0.2) is 0 Å². The Kier molecular flexibility index (Phi) is 4.73. The molecule has 1 saturated heterocycles. The van der Waals surface area contributed by atoms with Crippen molar-refractivity contribution in [2.75, 3.05) is 19.6 Å². The Hall–Kier alpha value is -1.31. The van der Waals surface area contributed by atoms with E-state index in [-0.39, 0.29) is 12.5 Å². The van der Waals surface area contributed by atoms with Crippen molar-refractivity contribution in [2.24, 2.45) is 0 Å². The Morgan fingerprint density at radius 3 is 2.76 bits per heavy atom. The highest BCUT2D eigenvalue weighted by Gasteiger charge is 2.28. The highest BCUT2D eigenvalue weighted by molar-refractivity contribution is 5.84. The van der Waals surface area contributed by atoms with Crippen molar-refractivity contribution in [3.8, 4) is 0 Å². The molecule has 1 atom stereocenters. The highest BCUT2D eigenvalue weighted by atomic mass is 19.4. The molecule has 1 fully saturated rings. The van der Waals surface area contributed by atoms with Gasteiger partial charge in [-0.05, 0) is 12.8 Å². The zero-order valence-electron chi connectivity index (χ0n) is 9.06. The maximum atomic E-state index is 11.8. The minimum atomic E-state index is -4.42. The average molecular weight is 253 g/mol. The van der Waals surface area contributed by atoms with Crippen molar-refractivity contribution >= 4 is 11.8 Å². The number of amides is 2. The van der Waals surface area contributed by atoms with Crippen molar-refractivity contribution in [3.63, 3.8) is 0 Å². The van der Waals surface area contributed by atoms with Gasteiger partial charge in [0.25, 0.3) is 0 Å². The van der Waals surface area contributed by atoms with E-state index in [0.29, 0.717) is 13.0 Å². The summed E-state index contributed by atoms with van der Waals surface area (Å²) in [6.45, 7) is -1.06. The topological polar surface area (TPSA) is 70.2 Å². The predicted octanol–water partition coefficient (Wildman–Crippen LogP) is -0.467. The van der Waals surface area contributed by atoms with E-state index in [2.05, 4.69) is 10.6 Å². The maximum Gasteiger partial charge on any atom is 0.405 e. The van der Waals surface area contributed by atoms with Crippen molar-refractivity contribution in [3.05, 3.63) is 0 Å². The molecular formula is C9H14F3N3O2. The highest BCUT2D eigenvalue weighted by Crippen LogP contribution is 2.11. The van der Waals surface area contributed by atoms with Crippen LogP contribution >= 0.6 is 0 Å². The molecule has 98 valence electrons. The Morgan fingerprint density at radius 2 is 2.18 bits per heavy atom. The van der Waals surface area contributed by atoms with E-state index in [1.165, 1.54) is 0 Å². The number of carbonyl (C=O) groups is 2. The molecule has 0 saturated carbocycles. The first-order valence-corrected chi connectivity index (χ1v) is 5.23. The average Bonchev–Trinajstić information content (AvgIpc) is 2.24. The Balaban J connectivity index is 2.21. The van der Waals surface area contributed by atoms with E-state index in [9.17, 15) is 22.8 Å². The van der Waals surface area contributed by atoms with Gasteiger partial charge in [0.2, 0.25) is 11.8 Å². The number of rotatable bonds is 4. The first kappa shape index (κ1) is 13.8. The first-order chi connectivity index (χ1) is 7.88. The minimum Gasteiger partial charge on any atom is -0.355 e. The predicted molar refractivity (Wildman–Crippen MR) is 53.1 cm³/mol. The summed E-state index contributed by atoms with van der Waals surface area (Å²) < 4.78 is 35.3. The summed E-state index contributed by atoms with van der Waals surface area (Å²) in [5.41, 5.74) is 0. The second-order valence-electron chi connectivity index (χ2n) is 3.76. The van der Waals surface area contributed by atoms with E-state index in [1.807, 2.05) is 0 Å². The molecule has 3 N–H and O–H groups in total. The van der Waals surface area contributed by atoms with Crippen molar-refractivity contribution in [2.45, 2.75) is 25.1 Å². The van der Waals surface area contributed by atoms with E-state index in [0.717, 1.165) is 6.42 Å². The third-order valence-electron chi connectivity index (χ3n) is 2.28. The van der Waals surface area contributed by atoms with Gasteiger partial charge in [0.05, 0.1) is 12.6 Å². The number of hydrogen-bond donors (Lipinski definition) is 3. The quantitative estimate of drug-likeness (QED) is 0.634. The zero-order chi connectivity index (χ0) is 12.9. The van der Waals surface area contributed by atoms with Gasteiger partial charge in [-0.15, -0.1) is 0 Å². The third-order valence-corrected chi connectivity index (χ3v) is 2.28. The van der Waals surface area contributed by atoms with Gasteiger partial charge in [0.1, 0.15) is 6.54 Å². The third kappa shape index (κ3) is 5.53. The molecule has 0 bridgehead atoms. The molecule has 1 unspecified atom stereocenters. The Bertz CT molecular complexity index is 294. The summed E-state index contributed by atoms with van der Waals surface area (Å²) in [4.78, 5) is 22.3. The van der Waals surface area contributed by atoms with Gasteiger partial charge < -0.3 is 10.6 Å². The van der Waals surface area contributed by atoms with Gasteiger partial charge in [-0.3, -0.25) is 14.9 Å². The normalized spacial score (nSPS) is 20.9. The fraction of sp³-hybridized carbons (Fsp3) is 0.778. The van der Waals surface area contributed by atoms with Gasteiger partial charge in [0.15, 0.2) is 0 Å². The van der Waals surface area contributed by atoms with E-state index >= 15 is 0 Å². The molecule has 0 spiro atoms. The molecule has 1 aliphatic heterocycles. The molecule has 1 aliphatic rings. The van der Waals surface area contributed by atoms with Crippen LogP contribution in [0.3, 0.4) is 0 Å². The molecule has 0 aliphatic carbocycles. The van der Waals surface area contributed by atoms with Crippen molar-refractivity contribution < 1.29 is 22.8 Å². The first-order valence-electron chi connectivity index (χ1n) is 5.23. The lowest BCUT2D eigenvalue weighted by molar-refractivity contribution is -0.138. The van der Waals surface area contributed by atoms with Crippen LogP contribution in [0, 0.1) is 0 Å². The van der Waals surface area contributed by atoms with Crippen molar-refractivity contribution in [1.82, 2.24) is 16.0 Å². The van der Waals surface area contributed by atoms with E-state index in [4.69, 9.17) is 0 Å². The van der Waals surface area contributed by atoms with Crippen LogP contribution in [0.15, 0.2) is 0 Å². The molecule has 8 heteroatoms. The second kappa shape index (κ2) is 5.85. The summed E-state index contributed by atoms with van der Waals surface area (Å²) >= 11 is 0. The van der Waals surface area contributed by atoms with Crippen LogP contribution in [-0.2, 0) is 9.59 Å². The van der Waals surface area contributed by atoms with E-state index < -0.39 is 24.7 Å². The molecule has 1 rings (SSSR count). The molecule has 0 radical (unpaired) electrons. The Morgan fingerprint density at radius 1 is 1.47 bits per heavy atom. The number of piperidine rings is 1. The number of nitrogens with one attached hydrogen (secondary N) is 3. The van der Waals surface area contributed by atoms with Crippen LogP contribution in [-0.4, -0.2) is 43.7 Å². The monoisotopic (exact) mass is 253 g/mol. The fourth-order valence-corrected chi connectivity index (χ4v) is 1.44. The number of alkyl halides is 3. The lowest BCUT2D eigenvalue weighted by Gasteiger charge is -2.22. The zero-order valence-corrected chi connectivity index (χ0v) is 9.06. The lowest BCUT2D eigenvalue weighted by Crippen LogP contribution is -2.51. The smallest absolute Gasteiger partial charge is 0.355 e. The molecular weight excluding hydrogens is 239 g/mol. The lowest BCUT2D eigenvalue weighted by atomic mass is 10.1. The summed E-state index contributed by atoms with van der Waals surface area (Å²) in [5, 5.41) is 6.93. The minimum absolute atomic E-state index is 0.222. The maximum absolute atomic E-state index is 11.8. The Labute approximate surface area is 96.1 Å². The molecule has 0 aromatic rings. The molecule has 2 amide bonds. The van der Waals surface area contributed by atoms with Crippen LogP contribution in [0.25, 0.3) is 0 Å². The van der Waals surface area contributed by atoms with Gasteiger partial charge in [-0.2, -0.15) is 13.2 Å². The molecule has 17 heavy (non-hydrogen) atoms. The van der Waals surface area contributed by atoms with Crippen LogP contribution in [0.4, 0.5) is 13.2 Å². The second-order valence-corrected chi connectivity index (χ2v) is 3.76. The summed E-state index contributed by atoms with van der Waals surface area (Å²) in [5.74, 6) is -0.999. The van der Waals surface area contributed by atoms with Crippen LogP contribution in [0.1, 0.15) is 12.8 Å². The standard InChI is InChI=1S/C9H14F3N3O2/c10-9(11,12)5-15-7(16)4-14-6-2-1-3-13-8(6)17/h6,14H,1-5H2,(H,13,17)(H,15,16). The van der Waals surface area contributed by atoms with Crippen LogP contribution in [0.2, 0.25) is 0 Å². The molecule has 5 nitrogen and oxygen atoms in total. The summed E-state index contributed by atoms with van der Waals surface area (Å²) in [7, 11) is 0. The molecule has 1 heterocycles. The number of carbonyl (C=O) groups excluding carboxylic acids is 2. The molecule has 0 aromatic carbocycles. The van der Waals surface area contributed by atoms with Crippen LogP contribution in [0.5, 0.6) is 0 Å². The van der Waals surface area contributed by atoms with Gasteiger partial charge >= 0.3 is 6.18 Å². The summed E-state index contributed by atoms with van der Waals surface area (Å²) in [6, 6.07) is -0.500. The molecule has 0 aromatic heterocycles. The van der Waals surface area contributed by atoms with Crippen molar-refractivity contribution in [1.29, 1.82) is 0 Å². The largest absolute Gasteiger partial charge is 0.405 e. The van der Waals surface area contributed by atoms with E-state index in [1.54, 1.807) is 5.32 Å².